The lowest BCUT2D eigenvalue weighted by Crippen LogP contribution is -2.38. The molecule has 0 N–H and O–H groups in total. The molecule has 166 valence electrons. The quantitative estimate of drug-likeness (QED) is 0.714. The summed E-state index contributed by atoms with van der Waals surface area (Å²) in [6.07, 6.45) is -1.75. The minimum Gasteiger partial charge on any atom is -0.493 e. The van der Waals surface area contributed by atoms with Gasteiger partial charge in [0.25, 0.3) is 11.8 Å². The zero-order valence-electron chi connectivity index (χ0n) is 17.9. The summed E-state index contributed by atoms with van der Waals surface area (Å²) in [5.41, 5.74) is 0.592. The summed E-state index contributed by atoms with van der Waals surface area (Å²) < 4.78 is 29.7. The second-order valence-electron chi connectivity index (χ2n) is 7.92. The Labute approximate surface area is 179 Å². The standard InChI is InChI=1S/C21H25FN4O5/c1-11-17(22)19(27)24-21(23-11)26-9-13-7-25(8-14(13)10-26)20(28)12-5-15(29-2)18(31-4)16(6-12)30-3/h5-6,13-14,17H,7-10H2,1-4H3. The first-order valence-electron chi connectivity index (χ1n) is 10.0. The van der Waals surface area contributed by atoms with Crippen molar-refractivity contribution >= 4 is 23.5 Å². The van der Waals surface area contributed by atoms with Crippen LogP contribution in [0.4, 0.5) is 4.39 Å². The number of hydrogen-bond donors (Lipinski definition) is 0. The number of guanidine groups is 1. The number of benzene rings is 1. The summed E-state index contributed by atoms with van der Waals surface area (Å²) in [5.74, 6) is 1.09. The Balaban J connectivity index is 1.46. The molecule has 3 atom stereocenters. The number of nitrogens with zero attached hydrogens (tertiary/aromatic N) is 4. The van der Waals surface area contributed by atoms with Crippen molar-refractivity contribution in [1.82, 2.24) is 9.80 Å². The fraction of sp³-hybridized carbons (Fsp3) is 0.524. The molecule has 0 saturated carbocycles. The lowest BCUT2D eigenvalue weighted by Gasteiger charge is -2.24. The van der Waals surface area contributed by atoms with Gasteiger partial charge in [-0.15, -0.1) is 0 Å². The minimum atomic E-state index is -1.75. The van der Waals surface area contributed by atoms with Crippen LogP contribution in [-0.4, -0.2) is 87.0 Å². The highest BCUT2D eigenvalue weighted by atomic mass is 19.1. The fourth-order valence-corrected chi connectivity index (χ4v) is 4.42. The summed E-state index contributed by atoms with van der Waals surface area (Å²) >= 11 is 0. The van der Waals surface area contributed by atoms with E-state index in [1.54, 1.807) is 12.1 Å². The second-order valence-corrected chi connectivity index (χ2v) is 7.92. The largest absolute Gasteiger partial charge is 0.493 e. The van der Waals surface area contributed by atoms with Gasteiger partial charge in [-0.1, -0.05) is 0 Å². The summed E-state index contributed by atoms with van der Waals surface area (Å²) in [6.45, 7) is 3.87. The number of aliphatic imine (C=N–C) groups is 2. The van der Waals surface area contributed by atoms with Crippen LogP contribution in [0.5, 0.6) is 17.2 Å². The predicted octanol–water partition coefficient (Wildman–Crippen LogP) is 1.41. The first-order chi connectivity index (χ1) is 14.9. The molecule has 3 heterocycles. The number of amides is 2. The molecule has 3 aliphatic heterocycles. The lowest BCUT2D eigenvalue weighted by molar-refractivity contribution is -0.120. The molecule has 10 heteroatoms. The van der Waals surface area contributed by atoms with E-state index in [0.717, 1.165) is 0 Å². The van der Waals surface area contributed by atoms with Gasteiger partial charge in [0.2, 0.25) is 17.9 Å². The number of fused-ring (bicyclic) bond motifs is 1. The topological polar surface area (TPSA) is 93.0 Å². The van der Waals surface area contributed by atoms with E-state index in [1.807, 2.05) is 9.80 Å². The molecule has 0 aliphatic carbocycles. The Hall–Kier alpha value is -3.17. The van der Waals surface area contributed by atoms with Crippen LogP contribution < -0.4 is 14.2 Å². The molecule has 2 amide bonds. The summed E-state index contributed by atoms with van der Waals surface area (Å²) in [6, 6.07) is 3.30. The predicted molar refractivity (Wildman–Crippen MR) is 111 cm³/mol. The zero-order valence-corrected chi connectivity index (χ0v) is 17.9. The Morgan fingerprint density at radius 1 is 1.00 bits per heavy atom. The maximum absolute atomic E-state index is 13.6. The average molecular weight is 432 g/mol. The highest BCUT2D eigenvalue weighted by molar-refractivity contribution is 6.16. The van der Waals surface area contributed by atoms with Crippen molar-refractivity contribution in [3.8, 4) is 17.2 Å². The Bertz CT molecular complexity index is 940. The van der Waals surface area contributed by atoms with Gasteiger partial charge in [-0.05, 0) is 19.1 Å². The van der Waals surface area contributed by atoms with Gasteiger partial charge in [0.15, 0.2) is 11.5 Å². The molecule has 3 unspecified atom stereocenters. The minimum absolute atomic E-state index is 0.112. The number of halogens is 1. The molecule has 2 saturated heterocycles. The first-order valence-corrected chi connectivity index (χ1v) is 10.0. The second kappa shape index (κ2) is 8.16. The number of alkyl halides is 1. The number of carbonyl (C=O) groups excluding carboxylic acids is 2. The van der Waals surface area contributed by atoms with Gasteiger partial charge in [0, 0.05) is 43.6 Å². The van der Waals surface area contributed by atoms with E-state index in [1.165, 1.54) is 28.3 Å². The SMILES string of the molecule is COc1cc(C(=O)N2CC3CN(C4=NC(=O)C(F)C(C)=N4)CC3C2)cc(OC)c1OC. The molecule has 3 aliphatic rings. The van der Waals surface area contributed by atoms with Gasteiger partial charge in [0.1, 0.15) is 0 Å². The van der Waals surface area contributed by atoms with E-state index < -0.39 is 12.1 Å². The van der Waals surface area contributed by atoms with Crippen LogP contribution in [0.25, 0.3) is 0 Å². The van der Waals surface area contributed by atoms with Crippen molar-refractivity contribution in [2.75, 3.05) is 47.5 Å². The van der Waals surface area contributed by atoms with Crippen molar-refractivity contribution in [2.24, 2.45) is 21.8 Å². The van der Waals surface area contributed by atoms with E-state index in [2.05, 4.69) is 9.98 Å². The first kappa shape index (κ1) is 21.1. The van der Waals surface area contributed by atoms with Crippen molar-refractivity contribution in [2.45, 2.75) is 13.1 Å². The van der Waals surface area contributed by atoms with Crippen LogP contribution in [0, 0.1) is 11.8 Å². The van der Waals surface area contributed by atoms with Gasteiger partial charge in [0.05, 0.1) is 27.0 Å². The van der Waals surface area contributed by atoms with E-state index in [0.29, 0.717) is 49.0 Å². The number of methoxy groups -OCH3 is 3. The normalized spacial score (nSPS) is 25.2. The molecule has 1 aromatic rings. The maximum Gasteiger partial charge on any atom is 0.289 e. The van der Waals surface area contributed by atoms with Crippen LogP contribution in [0.1, 0.15) is 17.3 Å². The third kappa shape index (κ3) is 3.70. The summed E-state index contributed by atoms with van der Waals surface area (Å²) in [5, 5.41) is 0. The molecular weight excluding hydrogens is 407 g/mol. The van der Waals surface area contributed by atoms with E-state index >= 15 is 0 Å². The van der Waals surface area contributed by atoms with E-state index in [9.17, 15) is 14.0 Å². The summed E-state index contributed by atoms with van der Waals surface area (Å²) in [4.78, 5) is 36.5. The molecular formula is C21H25FN4O5. The molecule has 4 rings (SSSR count). The molecule has 0 radical (unpaired) electrons. The van der Waals surface area contributed by atoms with E-state index in [4.69, 9.17) is 14.2 Å². The third-order valence-electron chi connectivity index (χ3n) is 6.04. The molecule has 1 aromatic carbocycles. The van der Waals surface area contributed by atoms with Gasteiger partial charge >= 0.3 is 0 Å². The molecule has 31 heavy (non-hydrogen) atoms. The smallest absolute Gasteiger partial charge is 0.289 e. The summed E-state index contributed by atoms with van der Waals surface area (Å²) in [7, 11) is 4.53. The van der Waals surface area contributed by atoms with Crippen molar-refractivity contribution < 1.29 is 28.2 Å². The Morgan fingerprint density at radius 3 is 2.06 bits per heavy atom. The van der Waals surface area contributed by atoms with Crippen LogP contribution in [0.15, 0.2) is 22.1 Å². The molecule has 2 fully saturated rings. The number of ether oxygens (including phenoxy) is 3. The third-order valence-corrected chi connectivity index (χ3v) is 6.04. The Kier molecular flexibility index (Phi) is 5.55. The van der Waals surface area contributed by atoms with Crippen LogP contribution in [-0.2, 0) is 4.79 Å². The number of rotatable bonds is 4. The zero-order chi connectivity index (χ0) is 22.3. The van der Waals surface area contributed by atoms with Gasteiger partial charge in [-0.25, -0.2) is 9.38 Å². The van der Waals surface area contributed by atoms with Crippen molar-refractivity contribution in [1.29, 1.82) is 0 Å². The lowest BCUT2D eigenvalue weighted by atomic mass is 10.0. The highest BCUT2D eigenvalue weighted by Gasteiger charge is 2.43. The average Bonchev–Trinajstić information content (AvgIpc) is 3.35. The van der Waals surface area contributed by atoms with Crippen LogP contribution in [0.2, 0.25) is 0 Å². The fourth-order valence-electron chi connectivity index (χ4n) is 4.42. The Morgan fingerprint density at radius 2 is 1.58 bits per heavy atom. The molecule has 0 aromatic heterocycles. The van der Waals surface area contributed by atoms with Crippen molar-refractivity contribution in [3.63, 3.8) is 0 Å². The van der Waals surface area contributed by atoms with Crippen LogP contribution >= 0.6 is 0 Å². The number of likely N-dealkylation sites (tertiary alicyclic amines) is 2. The van der Waals surface area contributed by atoms with Gasteiger partial charge in [-0.2, -0.15) is 4.99 Å². The van der Waals surface area contributed by atoms with Gasteiger partial charge in [-0.3, -0.25) is 9.59 Å². The monoisotopic (exact) mass is 432 g/mol. The molecule has 0 spiro atoms. The maximum atomic E-state index is 13.6. The highest BCUT2D eigenvalue weighted by Crippen LogP contribution is 2.39. The van der Waals surface area contributed by atoms with Crippen LogP contribution in [0.3, 0.4) is 0 Å². The number of carbonyl (C=O) groups is 2. The molecule has 9 nitrogen and oxygen atoms in total. The van der Waals surface area contributed by atoms with E-state index in [-0.39, 0.29) is 29.4 Å². The number of hydrogen-bond acceptors (Lipinski definition) is 7. The van der Waals surface area contributed by atoms with Crippen molar-refractivity contribution in [3.05, 3.63) is 17.7 Å². The van der Waals surface area contributed by atoms with Gasteiger partial charge < -0.3 is 24.0 Å². The molecule has 0 bridgehead atoms.